The molecule has 2 aromatic heterocycles. The van der Waals surface area contributed by atoms with Crippen LogP contribution in [0.15, 0.2) is 35.7 Å². The number of para-hydroxylation sites is 1. The maximum absolute atomic E-state index is 9.23. The molecule has 0 aliphatic rings. The standard InChI is InChI=1S/C15H12N4S/c1-10-18-12(9-20-10)8-17-15-6-11(7-16)13-4-2-3-5-14(13)19-15/h2-6,9H,8H2,1H3,(H,17,19). The van der Waals surface area contributed by atoms with Gasteiger partial charge in [-0.05, 0) is 19.1 Å². The Morgan fingerprint density at radius 3 is 2.90 bits per heavy atom. The van der Waals surface area contributed by atoms with Gasteiger partial charge in [0.2, 0.25) is 0 Å². The van der Waals surface area contributed by atoms with Crippen LogP contribution in [0.25, 0.3) is 10.9 Å². The maximum Gasteiger partial charge on any atom is 0.128 e. The molecule has 20 heavy (non-hydrogen) atoms. The van der Waals surface area contributed by atoms with Crippen molar-refractivity contribution < 1.29 is 0 Å². The highest BCUT2D eigenvalue weighted by Crippen LogP contribution is 2.20. The number of nitrogens with one attached hydrogen (secondary N) is 1. The minimum absolute atomic E-state index is 0.612. The van der Waals surface area contributed by atoms with E-state index in [1.807, 2.05) is 36.6 Å². The predicted molar refractivity (Wildman–Crippen MR) is 80.6 cm³/mol. The highest BCUT2D eigenvalue weighted by molar-refractivity contribution is 7.09. The van der Waals surface area contributed by atoms with E-state index in [9.17, 15) is 5.26 Å². The zero-order valence-electron chi connectivity index (χ0n) is 10.9. The molecule has 0 bridgehead atoms. The van der Waals surface area contributed by atoms with Crippen LogP contribution < -0.4 is 5.32 Å². The lowest BCUT2D eigenvalue weighted by molar-refractivity contribution is 1.04. The van der Waals surface area contributed by atoms with Gasteiger partial charge in [0, 0.05) is 10.8 Å². The summed E-state index contributed by atoms with van der Waals surface area (Å²) in [5.41, 5.74) is 2.44. The summed E-state index contributed by atoms with van der Waals surface area (Å²) in [7, 11) is 0. The van der Waals surface area contributed by atoms with Crippen LogP contribution in [0.3, 0.4) is 0 Å². The SMILES string of the molecule is Cc1nc(CNc2cc(C#N)c3ccccc3n2)cs1. The minimum atomic E-state index is 0.612. The van der Waals surface area contributed by atoms with Crippen LogP contribution in [0, 0.1) is 18.3 Å². The monoisotopic (exact) mass is 280 g/mol. The minimum Gasteiger partial charge on any atom is -0.364 e. The molecule has 4 nitrogen and oxygen atoms in total. The van der Waals surface area contributed by atoms with Crippen molar-refractivity contribution in [2.75, 3.05) is 5.32 Å². The summed E-state index contributed by atoms with van der Waals surface area (Å²) in [4.78, 5) is 8.91. The Morgan fingerprint density at radius 2 is 2.15 bits per heavy atom. The number of nitriles is 1. The molecule has 5 heteroatoms. The molecule has 0 unspecified atom stereocenters. The van der Waals surface area contributed by atoms with Crippen molar-refractivity contribution in [3.05, 3.63) is 52.0 Å². The first-order valence-electron chi connectivity index (χ1n) is 6.21. The average molecular weight is 280 g/mol. The predicted octanol–water partition coefficient (Wildman–Crippen LogP) is 3.48. The van der Waals surface area contributed by atoms with E-state index < -0.39 is 0 Å². The average Bonchev–Trinajstić information content (AvgIpc) is 2.90. The van der Waals surface area contributed by atoms with E-state index in [-0.39, 0.29) is 0 Å². The van der Waals surface area contributed by atoms with Crippen molar-refractivity contribution in [3.63, 3.8) is 0 Å². The lowest BCUT2D eigenvalue weighted by atomic mass is 10.1. The molecule has 0 aliphatic heterocycles. The summed E-state index contributed by atoms with van der Waals surface area (Å²) in [6, 6.07) is 11.7. The van der Waals surface area contributed by atoms with E-state index in [2.05, 4.69) is 21.4 Å². The zero-order chi connectivity index (χ0) is 13.9. The lowest BCUT2D eigenvalue weighted by Crippen LogP contribution is -2.02. The van der Waals surface area contributed by atoms with Crippen molar-refractivity contribution in [2.45, 2.75) is 13.5 Å². The summed E-state index contributed by atoms with van der Waals surface area (Å²) >= 11 is 1.63. The van der Waals surface area contributed by atoms with Crippen LogP contribution in [-0.4, -0.2) is 9.97 Å². The molecule has 0 atom stereocenters. The topological polar surface area (TPSA) is 61.6 Å². The number of aromatic nitrogens is 2. The second-order valence-corrected chi connectivity index (χ2v) is 5.46. The van der Waals surface area contributed by atoms with Crippen molar-refractivity contribution >= 4 is 28.1 Å². The number of anilines is 1. The Morgan fingerprint density at radius 1 is 1.30 bits per heavy atom. The fraction of sp³-hybridized carbons (Fsp3) is 0.133. The molecular weight excluding hydrogens is 268 g/mol. The van der Waals surface area contributed by atoms with Gasteiger partial charge in [-0.3, -0.25) is 0 Å². The highest BCUT2D eigenvalue weighted by Gasteiger charge is 2.05. The molecule has 0 fully saturated rings. The van der Waals surface area contributed by atoms with Gasteiger partial charge < -0.3 is 5.32 Å². The Bertz CT molecular complexity index is 801. The first-order chi connectivity index (χ1) is 9.76. The number of rotatable bonds is 3. The Balaban J connectivity index is 1.90. The molecule has 1 N–H and O–H groups in total. The molecule has 0 aliphatic carbocycles. The smallest absolute Gasteiger partial charge is 0.128 e. The van der Waals surface area contributed by atoms with Crippen LogP contribution >= 0.6 is 11.3 Å². The van der Waals surface area contributed by atoms with Gasteiger partial charge in [-0.1, -0.05) is 18.2 Å². The molecule has 1 aromatic carbocycles. The van der Waals surface area contributed by atoms with Gasteiger partial charge in [-0.15, -0.1) is 11.3 Å². The van der Waals surface area contributed by atoms with E-state index >= 15 is 0 Å². The molecule has 3 aromatic rings. The third-order valence-corrected chi connectivity index (χ3v) is 3.78. The number of benzene rings is 1. The van der Waals surface area contributed by atoms with Gasteiger partial charge in [0.15, 0.2) is 0 Å². The first kappa shape index (κ1) is 12.6. The quantitative estimate of drug-likeness (QED) is 0.797. The number of nitrogens with zero attached hydrogens (tertiary/aromatic N) is 3. The molecule has 98 valence electrons. The van der Waals surface area contributed by atoms with Crippen LogP contribution in [0.5, 0.6) is 0 Å². The third-order valence-electron chi connectivity index (χ3n) is 2.95. The first-order valence-corrected chi connectivity index (χ1v) is 7.09. The van der Waals surface area contributed by atoms with Gasteiger partial charge in [0.1, 0.15) is 5.82 Å². The third kappa shape index (κ3) is 2.46. The normalized spacial score (nSPS) is 10.4. The zero-order valence-corrected chi connectivity index (χ0v) is 11.7. The molecule has 0 amide bonds. The molecule has 0 spiro atoms. The highest BCUT2D eigenvalue weighted by atomic mass is 32.1. The summed E-state index contributed by atoms with van der Waals surface area (Å²) in [6.07, 6.45) is 0. The van der Waals surface area contributed by atoms with E-state index in [0.717, 1.165) is 21.6 Å². The summed E-state index contributed by atoms with van der Waals surface area (Å²) < 4.78 is 0. The van der Waals surface area contributed by atoms with Gasteiger partial charge >= 0.3 is 0 Å². The van der Waals surface area contributed by atoms with E-state index in [1.54, 1.807) is 17.4 Å². The molecular formula is C15H12N4S. The molecule has 0 radical (unpaired) electrons. The van der Waals surface area contributed by atoms with Crippen LogP contribution in [-0.2, 0) is 6.54 Å². The molecule has 0 saturated heterocycles. The second kappa shape index (κ2) is 5.27. The van der Waals surface area contributed by atoms with E-state index in [1.165, 1.54) is 0 Å². The van der Waals surface area contributed by atoms with Crippen LogP contribution in [0.1, 0.15) is 16.3 Å². The van der Waals surface area contributed by atoms with Crippen molar-refractivity contribution in [3.8, 4) is 6.07 Å². The maximum atomic E-state index is 9.23. The molecule has 2 heterocycles. The number of hydrogen-bond acceptors (Lipinski definition) is 5. The van der Waals surface area contributed by atoms with Gasteiger partial charge in [-0.2, -0.15) is 5.26 Å². The Labute approximate surface area is 120 Å². The number of hydrogen-bond donors (Lipinski definition) is 1. The van der Waals surface area contributed by atoms with E-state index in [4.69, 9.17) is 0 Å². The Hall–Kier alpha value is -2.45. The summed E-state index contributed by atoms with van der Waals surface area (Å²) in [5, 5.41) is 16.4. The largest absolute Gasteiger partial charge is 0.364 e. The summed E-state index contributed by atoms with van der Waals surface area (Å²) in [5.74, 6) is 0.700. The second-order valence-electron chi connectivity index (χ2n) is 4.40. The molecule has 3 rings (SSSR count). The van der Waals surface area contributed by atoms with Gasteiger partial charge in [0.05, 0.1) is 34.4 Å². The fourth-order valence-electron chi connectivity index (χ4n) is 2.03. The lowest BCUT2D eigenvalue weighted by Gasteiger charge is -2.06. The van der Waals surface area contributed by atoms with Gasteiger partial charge in [-0.25, -0.2) is 9.97 Å². The van der Waals surface area contributed by atoms with Crippen molar-refractivity contribution in [2.24, 2.45) is 0 Å². The number of aryl methyl sites for hydroxylation is 1. The molecule has 0 saturated carbocycles. The van der Waals surface area contributed by atoms with Crippen molar-refractivity contribution in [1.82, 2.24) is 9.97 Å². The fourth-order valence-corrected chi connectivity index (χ4v) is 2.64. The summed E-state index contributed by atoms with van der Waals surface area (Å²) in [6.45, 7) is 2.59. The Kier molecular flexibility index (Phi) is 3.32. The van der Waals surface area contributed by atoms with E-state index in [0.29, 0.717) is 17.9 Å². The van der Waals surface area contributed by atoms with Crippen LogP contribution in [0.4, 0.5) is 5.82 Å². The number of thiazole rings is 1. The number of fused-ring (bicyclic) bond motifs is 1. The van der Waals surface area contributed by atoms with Gasteiger partial charge in [0.25, 0.3) is 0 Å². The number of pyridine rings is 1. The van der Waals surface area contributed by atoms with Crippen molar-refractivity contribution in [1.29, 1.82) is 5.26 Å². The van der Waals surface area contributed by atoms with Crippen LogP contribution in [0.2, 0.25) is 0 Å².